The predicted molar refractivity (Wildman–Crippen MR) is 84.6 cm³/mol. The first-order chi connectivity index (χ1) is 10.2. The number of carbonyl (C=O) groups excluding carboxylic acids is 1. The molecular weight excluding hydrogens is 260 g/mol. The van der Waals surface area contributed by atoms with Crippen molar-refractivity contribution >= 4 is 5.91 Å². The van der Waals surface area contributed by atoms with Gasteiger partial charge in [0.2, 0.25) is 5.91 Å². The molecule has 21 heavy (non-hydrogen) atoms. The van der Waals surface area contributed by atoms with Crippen LogP contribution >= 0.6 is 0 Å². The molecule has 3 heteroatoms. The number of carbonyl (C=O) groups is 1. The number of benzene rings is 1. The third-order valence-corrected chi connectivity index (χ3v) is 5.07. The fourth-order valence-corrected chi connectivity index (χ4v) is 3.75. The maximum Gasteiger partial charge on any atom is 0.222 e. The first kappa shape index (κ1) is 14.6. The molecule has 3 N–H and O–H groups in total. The molecule has 1 aromatic carbocycles. The average Bonchev–Trinajstić information content (AvgIpc) is 3.28. The van der Waals surface area contributed by atoms with E-state index in [9.17, 15) is 4.79 Å². The van der Waals surface area contributed by atoms with E-state index in [0.29, 0.717) is 12.5 Å². The molecule has 1 amide bonds. The van der Waals surface area contributed by atoms with E-state index >= 15 is 0 Å². The van der Waals surface area contributed by atoms with Crippen molar-refractivity contribution in [1.29, 1.82) is 0 Å². The predicted octanol–water partition coefficient (Wildman–Crippen LogP) is 3.16. The lowest BCUT2D eigenvalue weighted by atomic mass is 9.85. The minimum absolute atomic E-state index is 0.106. The Morgan fingerprint density at radius 2 is 1.90 bits per heavy atom. The number of amides is 1. The van der Waals surface area contributed by atoms with Crippen molar-refractivity contribution in [2.24, 2.45) is 17.6 Å². The van der Waals surface area contributed by atoms with Gasteiger partial charge in [0.05, 0.1) is 0 Å². The number of nitrogens with one attached hydrogen (secondary N) is 1. The molecule has 0 heterocycles. The van der Waals surface area contributed by atoms with Crippen molar-refractivity contribution in [2.45, 2.75) is 57.0 Å². The monoisotopic (exact) mass is 286 g/mol. The fourth-order valence-electron chi connectivity index (χ4n) is 3.75. The molecular formula is C18H26N2O. The third kappa shape index (κ3) is 3.85. The molecule has 3 rings (SSSR count). The van der Waals surface area contributed by atoms with Gasteiger partial charge in [-0.1, -0.05) is 62.4 Å². The van der Waals surface area contributed by atoms with Gasteiger partial charge >= 0.3 is 0 Å². The zero-order valence-electron chi connectivity index (χ0n) is 12.6. The van der Waals surface area contributed by atoms with Crippen LogP contribution in [0.2, 0.25) is 0 Å². The first-order valence-corrected chi connectivity index (χ1v) is 8.34. The van der Waals surface area contributed by atoms with E-state index in [1.54, 1.807) is 0 Å². The van der Waals surface area contributed by atoms with Crippen LogP contribution < -0.4 is 11.1 Å². The molecule has 2 aliphatic rings. The van der Waals surface area contributed by atoms with Gasteiger partial charge in [-0.25, -0.2) is 0 Å². The van der Waals surface area contributed by atoms with Crippen LogP contribution in [0.3, 0.4) is 0 Å². The maximum atomic E-state index is 12.1. The van der Waals surface area contributed by atoms with Crippen LogP contribution in [0.15, 0.2) is 30.3 Å². The number of hydrogen-bond donors (Lipinski definition) is 2. The van der Waals surface area contributed by atoms with Crippen molar-refractivity contribution in [1.82, 2.24) is 5.32 Å². The number of rotatable bonds is 5. The van der Waals surface area contributed by atoms with Gasteiger partial charge in [0.1, 0.15) is 0 Å². The van der Waals surface area contributed by atoms with Crippen molar-refractivity contribution < 1.29 is 4.79 Å². The summed E-state index contributed by atoms with van der Waals surface area (Å²) >= 11 is 0. The van der Waals surface area contributed by atoms with E-state index in [4.69, 9.17) is 5.73 Å². The van der Waals surface area contributed by atoms with E-state index in [1.807, 2.05) is 30.3 Å². The van der Waals surface area contributed by atoms with E-state index < -0.39 is 0 Å². The average molecular weight is 286 g/mol. The van der Waals surface area contributed by atoms with Gasteiger partial charge in [0, 0.05) is 18.5 Å². The number of hydrogen-bond acceptors (Lipinski definition) is 2. The Labute approximate surface area is 127 Å². The summed E-state index contributed by atoms with van der Waals surface area (Å²) < 4.78 is 0. The van der Waals surface area contributed by atoms with E-state index in [0.717, 1.165) is 17.4 Å². The molecule has 114 valence electrons. The lowest BCUT2D eigenvalue weighted by Gasteiger charge is -2.21. The molecule has 0 bridgehead atoms. The second-order valence-electron chi connectivity index (χ2n) is 6.69. The highest BCUT2D eigenvalue weighted by molar-refractivity contribution is 5.77. The second-order valence-corrected chi connectivity index (χ2v) is 6.69. The highest BCUT2D eigenvalue weighted by Gasteiger charge is 2.43. The standard InChI is InChI=1S/C18H26N2O/c19-16(14-9-5-2-6-10-14)12-18(21)20-17-11-15(17)13-7-3-1-4-8-13/h2,5-6,9-10,13,15-17H,1,3-4,7-8,11-12,19H2,(H,20,21). The van der Waals surface area contributed by atoms with Crippen LogP contribution in [0.5, 0.6) is 0 Å². The van der Waals surface area contributed by atoms with Crippen LogP contribution in [-0.2, 0) is 4.79 Å². The summed E-state index contributed by atoms with van der Waals surface area (Å²) in [4.78, 5) is 12.1. The third-order valence-electron chi connectivity index (χ3n) is 5.07. The topological polar surface area (TPSA) is 55.1 Å². The summed E-state index contributed by atoms with van der Waals surface area (Å²) in [5.74, 6) is 1.70. The molecule has 0 saturated heterocycles. The number of nitrogens with two attached hydrogens (primary N) is 1. The summed E-state index contributed by atoms with van der Waals surface area (Å²) in [6, 6.07) is 10.1. The normalized spacial score (nSPS) is 27.1. The summed E-state index contributed by atoms with van der Waals surface area (Å²) in [7, 11) is 0. The Bertz CT molecular complexity index is 467. The fraction of sp³-hybridized carbons (Fsp3) is 0.611. The zero-order valence-corrected chi connectivity index (χ0v) is 12.6. The molecule has 0 radical (unpaired) electrons. The van der Waals surface area contributed by atoms with Crippen LogP contribution in [0.4, 0.5) is 0 Å². The Morgan fingerprint density at radius 1 is 1.19 bits per heavy atom. The second kappa shape index (κ2) is 6.61. The van der Waals surface area contributed by atoms with Crippen LogP contribution in [-0.4, -0.2) is 11.9 Å². The van der Waals surface area contributed by atoms with Crippen LogP contribution in [0, 0.1) is 11.8 Å². The van der Waals surface area contributed by atoms with E-state index in [1.165, 1.54) is 38.5 Å². The smallest absolute Gasteiger partial charge is 0.222 e. The highest BCUT2D eigenvalue weighted by Crippen LogP contribution is 2.44. The van der Waals surface area contributed by atoms with Gasteiger partial charge in [-0.15, -0.1) is 0 Å². The minimum Gasteiger partial charge on any atom is -0.353 e. The van der Waals surface area contributed by atoms with Crippen LogP contribution in [0.1, 0.15) is 56.6 Å². The molecule has 3 unspecified atom stereocenters. The lowest BCUT2D eigenvalue weighted by molar-refractivity contribution is -0.121. The van der Waals surface area contributed by atoms with Crippen molar-refractivity contribution in [3.8, 4) is 0 Å². The molecule has 0 aliphatic heterocycles. The molecule has 2 saturated carbocycles. The molecule has 2 fully saturated rings. The Kier molecular flexibility index (Phi) is 4.59. The Balaban J connectivity index is 1.43. The van der Waals surface area contributed by atoms with Gasteiger partial charge in [-0.3, -0.25) is 4.79 Å². The molecule has 0 spiro atoms. The Morgan fingerprint density at radius 3 is 2.62 bits per heavy atom. The SMILES string of the molecule is NC(CC(=O)NC1CC1C1CCCCC1)c1ccccc1. The van der Waals surface area contributed by atoms with E-state index in [-0.39, 0.29) is 11.9 Å². The largest absolute Gasteiger partial charge is 0.353 e. The molecule has 3 nitrogen and oxygen atoms in total. The quantitative estimate of drug-likeness (QED) is 0.873. The molecule has 0 aromatic heterocycles. The van der Waals surface area contributed by atoms with Crippen molar-refractivity contribution in [2.75, 3.05) is 0 Å². The minimum atomic E-state index is -0.196. The molecule has 1 aromatic rings. The van der Waals surface area contributed by atoms with E-state index in [2.05, 4.69) is 5.32 Å². The summed E-state index contributed by atoms with van der Waals surface area (Å²) in [5, 5.41) is 3.18. The van der Waals surface area contributed by atoms with Crippen molar-refractivity contribution in [3.05, 3.63) is 35.9 Å². The first-order valence-electron chi connectivity index (χ1n) is 8.34. The Hall–Kier alpha value is -1.35. The van der Waals surface area contributed by atoms with Gasteiger partial charge in [-0.2, -0.15) is 0 Å². The lowest BCUT2D eigenvalue weighted by Crippen LogP contribution is -2.31. The summed E-state index contributed by atoms with van der Waals surface area (Å²) in [5.41, 5.74) is 7.14. The van der Waals surface area contributed by atoms with Gasteiger partial charge in [-0.05, 0) is 23.8 Å². The molecule has 3 atom stereocenters. The maximum absolute atomic E-state index is 12.1. The summed E-state index contributed by atoms with van der Waals surface area (Å²) in [6.07, 6.45) is 8.43. The zero-order chi connectivity index (χ0) is 14.7. The van der Waals surface area contributed by atoms with Gasteiger partial charge < -0.3 is 11.1 Å². The van der Waals surface area contributed by atoms with Gasteiger partial charge in [0.15, 0.2) is 0 Å². The molecule has 2 aliphatic carbocycles. The summed E-state index contributed by atoms with van der Waals surface area (Å²) in [6.45, 7) is 0. The van der Waals surface area contributed by atoms with Crippen molar-refractivity contribution in [3.63, 3.8) is 0 Å². The van der Waals surface area contributed by atoms with Crippen LogP contribution in [0.25, 0.3) is 0 Å². The van der Waals surface area contributed by atoms with Gasteiger partial charge in [0.25, 0.3) is 0 Å². The highest BCUT2D eigenvalue weighted by atomic mass is 16.1.